The Hall–Kier alpha value is -4.08. The van der Waals surface area contributed by atoms with Gasteiger partial charge < -0.3 is 34.3 Å². The number of nitrogens with one attached hydrogen (secondary N) is 4. The second-order valence-electron chi connectivity index (χ2n) is 18.2. The van der Waals surface area contributed by atoms with Gasteiger partial charge in [0.05, 0.1) is 22.1 Å². The number of nitrogens with zero attached hydrogens (tertiary/aromatic N) is 3. The maximum atomic E-state index is 6.89. The van der Waals surface area contributed by atoms with Crippen molar-refractivity contribution < 1.29 is 9.47 Å². The van der Waals surface area contributed by atoms with E-state index in [9.17, 15) is 0 Å². The van der Waals surface area contributed by atoms with Crippen molar-refractivity contribution in [1.29, 1.82) is 0 Å². The summed E-state index contributed by atoms with van der Waals surface area (Å²) in [5.41, 5.74) is 9.89. The maximum Gasteiger partial charge on any atom is 0.167 e. The molecule has 10 aromatic rings. The summed E-state index contributed by atoms with van der Waals surface area (Å²) in [6.07, 6.45) is 4.27. The van der Waals surface area contributed by atoms with Crippen molar-refractivity contribution in [3.63, 3.8) is 0 Å². The van der Waals surface area contributed by atoms with Gasteiger partial charge in [0.1, 0.15) is 13.2 Å². The predicted molar refractivity (Wildman–Crippen MR) is 290 cm³/mol. The molecular formula is C53H53Br4N7O2. The van der Waals surface area contributed by atoms with E-state index < -0.39 is 0 Å². The van der Waals surface area contributed by atoms with Crippen molar-refractivity contribution in [2.24, 2.45) is 0 Å². The van der Waals surface area contributed by atoms with Crippen molar-refractivity contribution >= 4 is 151 Å². The molecule has 1 fully saturated rings. The van der Waals surface area contributed by atoms with Crippen LogP contribution in [-0.4, -0.2) is 107 Å². The fourth-order valence-electron chi connectivity index (χ4n) is 10.4. The highest BCUT2D eigenvalue weighted by Gasteiger charge is 2.24. The number of aromatic nitrogens is 4. The molecule has 1 aliphatic heterocycles. The summed E-state index contributed by atoms with van der Waals surface area (Å²) < 4.78 is 18.0. The number of likely N-dealkylation sites (N-methyl/N-ethyl adjacent to an activating group) is 1. The van der Waals surface area contributed by atoms with Crippen LogP contribution in [0.4, 0.5) is 0 Å². The molecule has 0 radical (unpaired) electrons. The molecule has 1 atom stereocenters. The Kier molecular flexibility index (Phi) is 12.4. The molecule has 0 bridgehead atoms. The van der Waals surface area contributed by atoms with Crippen LogP contribution >= 0.6 is 63.7 Å². The van der Waals surface area contributed by atoms with Gasteiger partial charge in [0.2, 0.25) is 0 Å². The standard InChI is InChI=1S/C53H53Br4N7O2/c1-4-30(2)64-19-17-63(18-20-64)22-24-66-53-50-40(37-27-33(56)10-14-45(37)60-50)29-41-47-34(42(57)11-15-46(47)61-51(41)53)7-5-6-16-62(3)21-23-65-52-48-38(35-25-31(54)8-12-43(35)58-48)28-39-36-26-32(55)9-13-44(36)59-49(39)52/h8-15,25-30,58-61H,4-7,16-24H2,1-3H3. The third kappa shape index (κ3) is 8.24. The number of hydrogen-bond donors (Lipinski definition) is 4. The van der Waals surface area contributed by atoms with Crippen LogP contribution in [0.3, 0.4) is 0 Å². The first-order valence-corrected chi connectivity index (χ1v) is 26.4. The zero-order chi connectivity index (χ0) is 45.2. The molecule has 1 aliphatic rings. The lowest BCUT2D eigenvalue weighted by molar-refractivity contribution is 0.0908. The molecule has 66 heavy (non-hydrogen) atoms. The molecular weight excluding hydrogens is 1090 g/mol. The lowest BCUT2D eigenvalue weighted by Gasteiger charge is -2.37. The molecule has 0 spiro atoms. The zero-order valence-corrected chi connectivity index (χ0v) is 43.8. The third-order valence-electron chi connectivity index (χ3n) is 14.2. The van der Waals surface area contributed by atoms with E-state index in [1.165, 1.54) is 44.3 Å². The Morgan fingerprint density at radius 3 is 1.64 bits per heavy atom. The van der Waals surface area contributed by atoms with Gasteiger partial charge in [-0.2, -0.15) is 0 Å². The van der Waals surface area contributed by atoms with Gasteiger partial charge in [-0.3, -0.25) is 9.80 Å². The fraction of sp³-hybridized carbons (Fsp3) is 0.321. The van der Waals surface area contributed by atoms with Crippen molar-refractivity contribution in [3.05, 3.63) is 102 Å². The highest BCUT2D eigenvalue weighted by Crippen LogP contribution is 2.45. The number of rotatable bonds is 15. The first-order valence-electron chi connectivity index (χ1n) is 23.2. The van der Waals surface area contributed by atoms with E-state index >= 15 is 0 Å². The van der Waals surface area contributed by atoms with Crippen LogP contribution in [0, 0.1) is 0 Å². The molecule has 4 aromatic heterocycles. The number of unbranched alkanes of at least 4 members (excludes halogenated alkanes) is 1. The molecule has 0 saturated carbocycles. The minimum atomic E-state index is 0.571. The molecule has 9 nitrogen and oxygen atoms in total. The molecule has 4 N–H and O–H groups in total. The van der Waals surface area contributed by atoms with Crippen LogP contribution in [0.15, 0.2) is 96.8 Å². The number of fused-ring (bicyclic) bond motifs is 12. The molecule has 11 rings (SSSR count). The van der Waals surface area contributed by atoms with E-state index in [2.05, 4.69) is 198 Å². The smallest absolute Gasteiger partial charge is 0.167 e. The van der Waals surface area contributed by atoms with E-state index in [4.69, 9.17) is 9.47 Å². The number of halogens is 4. The van der Waals surface area contributed by atoms with Gasteiger partial charge >= 0.3 is 0 Å². The predicted octanol–water partition coefficient (Wildman–Crippen LogP) is 14.4. The van der Waals surface area contributed by atoms with Gasteiger partial charge in [-0.15, -0.1) is 0 Å². The number of benzene rings is 6. The average molecular weight is 1140 g/mol. The Morgan fingerprint density at radius 2 is 1.08 bits per heavy atom. The van der Waals surface area contributed by atoms with Crippen LogP contribution < -0.4 is 9.47 Å². The Morgan fingerprint density at radius 1 is 0.576 bits per heavy atom. The molecule has 1 saturated heterocycles. The molecule has 0 aliphatic carbocycles. The summed E-state index contributed by atoms with van der Waals surface area (Å²) in [7, 11) is 2.20. The summed E-state index contributed by atoms with van der Waals surface area (Å²) in [6, 6.07) is 29.0. The second-order valence-corrected chi connectivity index (χ2v) is 21.8. The maximum absolute atomic E-state index is 6.89. The summed E-state index contributed by atoms with van der Waals surface area (Å²) in [5, 5.41) is 9.51. The summed E-state index contributed by atoms with van der Waals surface area (Å²) in [6.45, 7) is 12.9. The Bertz CT molecular complexity index is 3360. The number of ether oxygens (including phenoxy) is 2. The van der Waals surface area contributed by atoms with Gasteiger partial charge in [0, 0.05) is 128 Å². The van der Waals surface area contributed by atoms with Crippen molar-refractivity contribution in [1.82, 2.24) is 34.6 Å². The lowest BCUT2D eigenvalue weighted by atomic mass is 10.00. The first kappa shape index (κ1) is 44.4. The van der Waals surface area contributed by atoms with E-state index in [0.29, 0.717) is 19.3 Å². The summed E-state index contributed by atoms with van der Waals surface area (Å²) >= 11 is 15.1. The van der Waals surface area contributed by atoms with Crippen LogP contribution in [0.25, 0.3) is 87.2 Å². The molecule has 340 valence electrons. The van der Waals surface area contributed by atoms with Gasteiger partial charge in [0.15, 0.2) is 11.5 Å². The number of aromatic amines is 4. The number of H-pyrrole nitrogens is 4. The van der Waals surface area contributed by atoms with E-state index in [0.717, 1.165) is 149 Å². The topological polar surface area (TPSA) is 91.3 Å². The average Bonchev–Trinajstić information content (AvgIpc) is 4.08. The normalized spacial score (nSPS) is 14.8. The Balaban J connectivity index is 0.808. The fourth-order valence-corrected chi connectivity index (χ4v) is 12.0. The molecule has 5 heterocycles. The van der Waals surface area contributed by atoms with Gasteiger partial charge in [-0.05, 0) is 131 Å². The minimum Gasteiger partial charge on any atom is -0.488 e. The quantitative estimate of drug-likeness (QED) is 0.0768. The number of piperazine rings is 1. The van der Waals surface area contributed by atoms with Crippen molar-refractivity contribution in [3.8, 4) is 11.5 Å². The lowest BCUT2D eigenvalue weighted by Crippen LogP contribution is -2.50. The monoisotopic (exact) mass is 1140 g/mol. The van der Waals surface area contributed by atoms with E-state index in [1.807, 2.05) is 0 Å². The third-order valence-corrected chi connectivity index (χ3v) is 16.4. The largest absolute Gasteiger partial charge is 0.488 e. The number of aryl methyl sites for hydroxylation is 1. The molecule has 0 amide bonds. The van der Waals surface area contributed by atoms with Gasteiger partial charge in [0.25, 0.3) is 0 Å². The summed E-state index contributed by atoms with van der Waals surface area (Å²) in [4.78, 5) is 22.5. The van der Waals surface area contributed by atoms with Crippen LogP contribution in [0.2, 0.25) is 0 Å². The van der Waals surface area contributed by atoms with Crippen LogP contribution in [0.5, 0.6) is 11.5 Å². The first-order chi connectivity index (χ1) is 32.1. The summed E-state index contributed by atoms with van der Waals surface area (Å²) in [5.74, 6) is 1.77. The van der Waals surface area contributed by atoms with Gasteiger partial charge in [-0.25, -0.2) is 0 Å². The number of hydrogen-bond acceptors (Lipinski definition) is 5. The van der Waals surface area contributed by atoms with E-state index in [-0.39, 0.29) is 0 Å². The second kappa shape index (κ2) is 18.4. The molecule has 13 heteroatoms. The Labute approximate surface area is 417 Å². The highest BCUT2D eigenvalue weighted by molar-refractivity contribution is 9.11. The van der Waals surface area contributed by atoms with Crippen molar-refractivity contribution in [2.45, 2.75) is 45.6 Å². The molecule has 6 aromatic carbocycles. The van der Waals surface area contributed by atoms with Crippen LogP contribution in [0.1, 0.15) is 38.7 Å². The van der Waals surface area contributed by atoms with Gasteiger partial charge in [-0.1, -0.05) is 70.6 Å². The SMILES string of the molecule is CCC(C)N1CCN(CCOc2c3[nH]c4ccc(Br)cc4c3cc3c2[nH]c2ccc(Br)c(CCCCN(C)CCOc4c5[nH]c6ccc(Br)cc6c5cc5c4[nH]c4ccc(Br)cc45)c23)CC1. The zero-order valence-electron chi connectivity index (χ0n) is 37.4. The van der Waals surface area contributed by atoms with E-state index in [1.54, 1.807) is 0 Å². The highest BCUT2D eigenvalue weighted by atomic mass is 79.9. The van der Waals surface area contributed by atoms with Crippen LogP contribution in [-0.2, 0) is 6.42 Å². The molecule has 1 unspecified atom stereocenters. The minimum absolute atomic E-state index is 0.571. The van der Waals surface area contributed by atoms with Crippen molar-refractivity contribution in [2.75, 3.05) is 66.1 Å².